The van der Waals surface area contributed by atoms with E-state index in [9.17, 15) is 50.3 Å². The fraction of sp³-hybridized carbons (Fsp3) is 0.210. The van der Waals surface area contributed by atoms with Crippen LogP contribution in [-0.4, -0.2) is 174 Å². The predicted octanol–water partition coefficient (Wildman–Crippen LogP) is 14.9. The average Bonchev–Trinajstić information content (AvgIpc) is 0.760. The molecule has 2 N–H and O–H groups in total. The molecule has 107 heavy (non-hydrogen) atoms. The lowest BCUT2D eigenvalue weighted by Crippen LogP contribution is -2.50. The number of carbonyl (C=O) groups excluding carboxylic acids is 3. The highest BCUT2D eigenvalue weighted by molar-refractivity contribution is 7.89. The third-order valence-corrected chi connectivity index (χ3v) is 26.5. The second kappa shape index (κ2) is 35.3. The average molecular weight is 1500 g/mol. The molecular formula is C81H80B5N4O13P2S2. The second-order valence-corrected chi connectivity index (χ2v) is 35.3. The molecule has 2 aliphatic heterocycles. The van der Waals surface area contributed by atoms with Gasteiger partial charge < -0.3 is 28.9 Å². The van der Waals surface area contributed by atoms with Gasteiger partial charge in [-0.25, -0.2) is 21.6 Å². The number of rotatable bonds is 19. The van der Waals surface area contributed by atoms with Crippen LogP contribution in [0.2, 0.25) is 0 Å². The number of carbonyl (C=O) groups is 4. The molecule has 2 fully saturated rings. The number of piperazine rings is 2. The predicted molar refractivity (Wildman–Crippen MR) is 437 cm³/mol. The van der Waals surface area contributed by atoms with E-state index >= 15 is 0 Å². The summed E-state index contributed by atoms with van der Waals surface area (Å²) >= 11 is 0. The summed E-state index contributed by atoms with van der Waals surface area (Å²) in [7, 11) is 1.54. The van der Waals surface area contributed by atoms with Crippen molar-refractivity contribution in [1.82, 2.24) is 18.8 Å². The van der Waals surface area contributed by atoms with E-state index in [2.05, 4.69) is 5.32 Å². The first-order valence-corrected chi connectivity index (χ1v) is 41.8. The van der Waals surface area contributed by atoms with Crippen LogP contribution in [0.3, 0.4) is 0 Å². The molecular weight excluding hydrogens is 1420 g/mol. The van der Waals surface area contributed by atoms with Crippen LogP contribution < -0.4 is 5.32 Å². The molecule has 12 aromatic rings. The number of hydrogen-bond donors (Lipinski definition) is 2. The number of fused-ring (bicyclic) bond motifs is 6. The lowest BCUT2D eigenvalue weighted by molar-refractivity contribution is 0.0686. The topological polar surface area (TPSA) is 231 Å². The van der Waals surface area contributed by atoms with Crippen molar-refractivity contribution < 1.29 is 59.3 Å². The zero-order chi connectivity index (χ0) is 75.5. The van der Waals surface area contributed by atoms with Gasteiger partial charge in [-0.2, -0.15) is 8.61 Å². The highest BCUT2D eigenvalue weighted by Crippen LogP contribution is 2.63. The Hall–Kier alpha value is -9.04. The number of nitrogens with one attached hydrogen (secondary N) is 1. The van der Waals surface area contributed by atoms with Gasteiger partial charge in [-0.15, -0.1) is 0 Å². The van der Waals surface area contributed by atoms with Crippen LogP contribution in [0.15, 0.2) is 252 Å². The van der Waals surface area contributed by atoms with Crippen LogP contribution in [0.5, 0.6) is 0 Å². The Morgan fingerprint density at radius 2 is 0.804 bits per heavy atom. The second-order valence-electron chi connectivity index (χ2n) is 25.9. The number of ketones is 2. The van der Waals surface area contributed by atoms with Gasteiger partial charge in [0.1, 0.15) is 11.3 Å². The van der Waals surface area contributed by atoms with E-state index in [-0.39, 0.29) is 85.7 Å². The van der Waals surface area contributed by atoms with Gasteiger partial charge in [0.15, 0.2) is 11.6 Å². The minimum absolute atomic E-state index is 0. The third-order valence-electron chi connectivity index (χ3n) is 18.6. The normalized spacial score (nSPS) is 14.3. The number of Topliss-reactive ketones (excluding diaryl/α,β-unsaturated/α-hetero) is 2. The molecule has 2 atom stereocenters. The van der Waals surface area contributed by atoms with Crippen LogP contribution in [0.25, 0.3) is 64.6 Å². The van der Waals surface area contributed by atoms with E-state index < -0.39 is 64.2 Å². The monoisotopic (exact) mass is 1500 g/mol. The molecule has 2 heterocycles. The highest BCUT2D eigenvalue weighted by atomic mass is 32.2. The molecule has 0 aliphatic carbocycles. The maximum atomic E-state index is 14.7. The summed E-state index contributed by atoms with van der Waals surface area (Å²) < 4.78 is 94.6. The van der Waals surface area contributed by atoms with Crippen molar-refractivity contribution in [1.29, 1.82) is 0 Å². The maximum Gasteiger partial charge on any atom is 0.345 e. The summed E-state index contributed by atoms with van der Waals surface area (Å²) in [6.07, 6.45) is -0.463. The Morgan fingerprint density at radius 3 is 1.21 bits per heavy atom. The molecule has 0 spiro atoms. The van der Waals surface area contributed by atoms with Crippen LogP contribution >= 0.6 is 14.7 Å². The number of sulfonamides is 2. The smallest absolute Gasteiger partial charge is 0.345 e. The molecule has 17 nitrogen and oxygen atoms in total. The fourth-order valence-electron chi connectivity index (χ4n) is 13.4. The lowest BCUT2D eigenvalue weighted by atomic mass is 8.97. The van der Waals surface area contributed by atoms with Crippen molar-refractivity contribution in [2.75, 3.05) is 78.9 Å². The molecule has 26 heteroatoms. The van der Waals surface area contributed by atoms with Crippen molar-refractivity contribution in [3.63, 3.8) is 0 Å². The summed E-state index contributed by atoms with van der Waals surface area (Å²) in [5.74, 6) is -2.59. The summed E-state index contributed by atoms with van der Waals surface area (Å²) in [6, 6.07) is 73.2. The molecule has 0 saturated carbocycles. The standard InChI is InChI=1S/C39H35N2O5PS.C27H25O6P.C14H16N2O2S.CH4.B5/c1-47(2,44)38(34-17-9-15-28-11-7-8-16-33(28)34)37(42)35-25-30-13-5-6-14-31(30)26-36(35)39(43)40-20-22-41(23-21-40)48(45,46)32-19-18-27-10-3-4-12-29(27)24-32;1-3-32-34(31,33-4-2)26(22-15-9-13-18-10-7-8-14-21(18)22)25(28)23-16-19-11-5-6-12-20(19)17-24(23)27(29)30;17-19(18,16-9-7-15-8-10-16)14-6-5-12-3-1-2-4-13(12)11-14;;1-4-5(2)3/h3-19,24-26,38H,20-23H2,1-2H3;5-17,26H,3-4H2,1-2H3,(H,29,30);1-6,11,15H,7-10H2;1H4;. The van der Waals surface area contributed by atoms with E-state index in [4.69, 9.17) is 32.3 Å². The van der Waals surface area contributed by atoms with Crippen LogP contribution in [0.4, 0.5) is 0 Å². The molecule has 2 unspecified atom stereocenters. The molecule has 7 radical (unpaired) electrons. The molecule has 12 aromatic carbocycles. The Bertz CT molecular complexity index is 5610. The Balaban J connectivity index is 0.000000179. The largest absolute Gasteiger partial charge is 0.478 e. The summed E-state index contributed by atoms with van der Waals surface area (Å²) in [4.78, 5) is 57.5. The quantitative estimate of drug-likeness (QED) is 0.0436. The van der Waals surface area contributed by atoms with Crippen molar-refractivity contribution in [2.24, 2.45) is 0 Å². The van der Waals surface area contributed by atoms with Gasteiger partial charge in [-0.05, 0) is 151 Å². The number of nitrogens with zero attached hydrogens (tertiary/aromatic N) is 3. The summed E-state index contributed by atoms with van der Waals surface area (Å²) in [5, 5.41) is 23.2. The Labute approximate surface area is 630 Å². The Kier molecular flexibility index (Phi) is 26.6. The van der Waals surface area contributed by atoms with E-state index in [1.807, 2.05) is 158 Å². The van der Waals surface area contributed by atoms with E-state index in [0.717, 1.165) is 53.9 Å². The first-order chi connectivity index (χ1) is 50.9. The lowest BCUT2D eigenvalue weighted by Gasteiger charge is -2.34. The maximum absolute atomic E-state index is 14.7. The van der Waals surface area contributed by atoms with E-state index in [0.29, 0.717) is 53.0 Å². The van der Waals surface area contributed by atoms with Gasteiger partial charge >= 0.3 is 13.6 Å². The molecule has 2 aliphatic rings. The molecule has 1 amide bonds. The molecule has 539 valence electrons. The van der Waals surface area contributed by atoms with E-state index in [1.165, 1.54) is 17.4 Å². The van der Waals surface area contributed by atoms with Crippen LogP contribution in [-0.2, 0) is 38.2 Å². The SMILES string of the molecule is C.CCOP(=O)(OCC)C(C(=O)c1cc2ccccc2cc1C(=O)O)c1cccc2ccccc12.CP(C)(=O)C(C(=O)c1cc2ccccc2cc1C(=O)N1CCN(S(=O)(=O)c2ccc3ccccc3c2)CC1)c1cccc2ccccc12.O=S(=O)(c1ccc2ccccc2c1)N1CCNCC1.[B][B]B([B])[B]. The molecule has 0 aromatic heterocycles. The van der Waals surface area contributed by atoms with Gasteiger partial charge in [0.2, 0.25) is 20.0 Å². The van der Waals surface area contributed by atoms with Crippen LogP contribution in [0.1, 0.15) is 85.2 Å². The fourth-order valence-corrected chi connectivity index (χ4v) is 20.0. The van der Waals surface area contributed by atoms with Gasteiger partial charge in [0.25, 0.3) is 5.91 Å². The van der Waals surface area contributed by atoms with E-state index in [1.54, 1.807) is 115 Å². The minimum Gasteiger partial charge on any atom is -0.478 e. The zero-order valence-corrected chi connectivity index (χ0v) is 62.5. The number of amides is 1. The highest BCUT2D eigenvalue weighted by Gasteiger charge is 2.45. The molecule has 2 saturated heterocycles. The van der Waals surface area contributed by atoms with Crippen molar-refractivity contribution >= 4 is 160 Å². The van der Waals surface area contributed by atoms with Crippen molar-refractivity contribution in [3.8, 4) is 0 Å². The molecule has 14 rings (SSSR count). The third kappa shape index (κ3) is 18.2. The number of carboxylic acid groups (broad SMARTS) is 1. The number of benzene rings is 12. The zero-order valence-electron chi connectivity index (χ0n) is 59.1. The minimum atomic E-state index is -4.03. The van der Waals surface area contributed by atoms with Gasteiger partial charge in [0.05, 0.1) is 41.3 Å². The van der Waals surface area contributed by atoms with Crippen LogP contribution in [0, 0.1) is 0 Å². The number of carboxylic acids is 1. The summed E-state index contributed by atoms with van der Waals surface area (Å²) in [5.41, 5.74) is -0.909. The first-order valence-electron chi connectivity index (χ1n) is 34.7. The number of aromatic carboxylic acids is 1. The number of hydrogen-bond acceptors (Lipinski definition) is 13. The molecule has 0 bridgehead atoms. The van der Waals surface area contributed by atoms with Gasteiger partial charge in [-0.1, -0.05) is 202 Å². The van der Waals surface area contributed by atoms with Crippen molar-refractivity contribution in [3.05, 3.63) is 276 Å². The van der Waals surface area contributed by atoms with Gasteiger partial charge in [-0.3, -0.25) is 18.9 Å². The Morgan fingerprint density at radius 1 is 0.467 bits per heavy atom. The first kappa shape index (κ1) is 80.5. The van der Waals surface area contributed by atoms with Gasteiger partial charge in [0, 0.05) is 100 Å². The van der Waals surface area contributed by atoms with Crippen molar-refractivity contribution in [2.45, 2.75) is 42.4 Å². The summed E-state index contributed by atoms with van der Waals surface area (Å²) in [6.45, 7) is 9.80.